The summed E-state index contributed by atoms with van der Waals surface area (Å²) in [6.07, 6.45) is 2.88. The van der Waals surface area contributed by atoms with Gasteiger partial charge in [0.05, 0.1) is 13.2 Å². The van der Waals surface area contributed by atoms with Gasteiger partial charge in [0.2, 0.25) is 0 Å². The number of aromatic nitrogens is 1. The van der Waals surface area contributed by atoms with Gasteiger partial charge in [-0.3, -0.25) is 4.98 Å². The molecule has 112 valence electrons. The van der Waals surface area contributed by atoms with Crippen LogP contribution in [-0.4, -0.2) is 18.6 Å². The van der Waals surface area contributed by atoms with Crippen LogP contribution >= 0.6 is 0 Å². The third kappa shape index (κ3) is 3.79. The molecule has 3 nitrogen and oxygen atoms in total. The van der Waals surface area contributed by atoms with Gasteiger partial charge in [-0.2, -0.15) is 0 Å². The molecule has 0 spiro atoms. The van der Waals surface area contributed by atoms with Crippen LogP contribution in [0.25, 0.3) is 0 Å². The number of hydrogen-bond acceptors (Lipinski definition) is 3. The van der Waals surface area contributed by atoms with Crippen molar-refractivity contribution in [2.75, 3.05) is 13.7 Å². The Morgan fingerprint density at radius 1 is 1.24 bits per heavy atom. The molecular weight excluding hydrogens is 267 g/mol. The van der Waals surface area contributed by atoms with Crippen molar-refractivity contribution in [1.29, 1.82) is 0 Å². The number of methoxy groups -OCH3 is 1. The maximum absolute atomic E-state index is 13.6. The van der Waals surface area contributed by atoms with Crippen molar-refractivity contribution in [2.45, 2.75) is 26.3 Å². The highest BCUT2D eigenvalue weighted by Gasteiger charge is 2.16. The van der Waals surface area contributed by atoms with Crippen molar-refractivity contribution in [1.82, 2.24) is 10.3 Å². The van der Waals surface area contributed by atoms with Crippen molar-refractivity contribution in [3.8, 4) is 5.75 Å². The Bertz CT molecular complexity index is 584. The molecule has 4 heteroatoms. The summed E-state index contributed by atoms with van der Waals surface area (Å²) in [6.45, 7) is 4.94. The van der Waals surface area contributed by atoms with Gasteiger partial charge >= 0.3 is 0 Å². The van der Waals surface area contributed by atoms with E-state index in [2.05, 4.69) is 17.2 Å². The minimum absolute atomic E-state index is 0.0208. The largest absolute Gasteiger partial charge is 0.494 e. The fourth-order valence-corrected chi connectivity index (χ4v) is 2.22. The van der Waals surface area contributed by atoms with Crippen molar-refractivity contribution in [3.05, 3.63) is 59.2 Å². The Kier molecular flexibility index (Phi) is 5.28. The van der Waals surface area contributed by atoms with Crippen LogP contribution in [-0.2, 0) is 0 Å². The minimum atomic E-state index is -0.350. The molecule has 0 amide bonds. The quantitative estimate of drug-likeness (QED) is 0.881. The monoisotopic (exact) mass is 288 g/mol. The summed E-state index contributed by atoms with van der Waals surface area (Å²) in [5.41, 5.74) is 3.00. The van der Waals surface area contributed by atoms with E-state index in [4.69, 9.17) is 4.74 Å². The summed E-state index contributed by atoms with van der Waals surface area (Å²) in [6, 6.07) is 8.97. The lowest BCUT2D eigenvalue weighted by atomic mass is 9.99. The molecular formula is C17H21FN2O. The van der Waals surface area contributed by atoms with Crippen LogP contribution in [0.3, 0.4) is 0 Å². The van der Waals surface area contributed by atoms with Crippen LogP contribution in [0.15, 0.2) is 36.5 Å². The normalized spacial score (nSPS) is 12.2. The number of hydrogen-bond donors (Lipinski definition) is 1. The summed E-state index contributed by atoms with van der Waals surface area (Å²) in [4.78, 5) is 4.35. The molecule has 1 atom stereocenters. The van der Waals surface area contributed by atoms with E-state index in [1.807, 2.05) is 25.3 Å². The molecule has 0 saturated carbocycles. The third-order valence-corrected chi connectivity index (χ3v) is 3.37. The van der Waals surface area contributed by atoms with Crippen LogP contribution in [0, 0.1) is 12.7 Å². The Balaban J connectivity index is 2.37. The first kappa shape index (κ1) is 15.4. The lowest BCUT2D eigenvalue weighted by Gasteiger charge is -2.20. The van der Waals surface area contributed by atoms with Crippen molar-refractivity contribution in [3.63, 3.8) is 0 Å². The second-order valence-corrected chi connectivity index (χ2v) is 5.01. The molecule has 1 N–H and O–H groups in total. The highest BCUT2D eigenvalue weighted by Crippen LogP contribution is 2.27. The molecule has 0 saturated heterocycles. The molecule has 0 fully saturated rings. The number of pyridine rings is 1. The van der Waals surface area contributed by atoms with Gasteiger partial charge in [-0.25, -0.2) is 4.39 Å². The molecule has 0 aliphatic rings. The van der Waals surface area contributed by atoms with Gasteiger partial charge in [0.25, 0.3) is 0 Å². The van der Waals surface area contributed by atoms with Gasteiger partial charge in [-0.15, -0.1) is 0 Å². The summed E-state index contributed by atoms with van der Waals surface area (Å²) in [7, 11) is 1.48. The highest BCUT2D eigenvalue weighted by molar-refractivity contribution is 5.37. The summed E-state index contributed by atoms with van der Waals surface area (Å²) in [5, 5.41) is 3.47. The van der Waals surface area contributed by atoms with E-state index in [-0.39, 0.29) is 17.6 Å². The zero-order chi connectivity index (χ0) is 15.2. The van der Waals surface area contributed by atoms with Crippen molar-refractivity contribution >= 4 is 0 Å². The Morgan fingerprint density at radius 3 is 2.62 bits per heavy atom. The third-order valence-electron chi connectivity index (χ3n) is 3.37. The molecule has 0 aliphatic carbocycles. The van der Waals surface area contributed by atoms with Gasteiger partial charge in [-0.1, -0.05) is 19.1 Å². The van der Waals surface area contributed by atoms with Gasteiger partial charge in [0, 0.05) is 11.9 Å². The fraction of sp³-hybridized carbons (Fsp3) is 0.353. The molecule has 1 aromatic carbocycles. The minimum Gasteiger partial charge on any atom is -0.494 e. The predicted molar refractivity (Wildman–Crippen MR) is 82.1 cm³/mol. The van der Waals surface area contributed by atoms with Crippen LogP contribution in [0.5, 0.6) is 5.75 Å². The summed E-state index contributed by atoms with van der Waals surface area (Å²) in [5.74, 6) is -0.0895. The zero-order valence-corrected chi connectivity index (χ0v) is 12.7. The van der Waals surface area contributed by atoms with E-state index in [9.17, 15) is 4.39 Å². The molecule has 1 unspecified atom stereocenters. The standard InChI is InChI=1S/C17H21FN2O/c1-4-9-19-17(14-6-5-12(2)20-11-14)13-7-8-15(18)16(10-13)21-3/h5-8,10-11,17,19H,4,9H2,1-3H3. The van der Waals surface area contributed by atoms with Crippen molar-refractivity contribution in [2.24, 2.45) is 0 Å². The molecule has 21 heavy (non-hydrogen) atoms. The first-order chi connectivity index (χ1) is 10.2. The van der Waals surface area contributed by atoms with E-state index in [0.29, 0.717) is 0 Å². The molecule has 1 heterocycles. The predicted octanol–water partition coefficient (Wildman–Crippen LogP) is 3.63. The topological polar surface area (TPSA) is 34.2 Å². The maximum Gasteiger partial charge on any atom is 0.165 e. The molecule has 2 aromatic rings. The lowest BCUT2D eigenvalue weighted by molar-refractivity contribution is 0.385. The molecule has 2 rings (SSSR count). The molecule has 0 bridgehead atoms. The number of ether oxygens (including phenoxy) is 1. The number of nitrogens with zero attached hydrogens (tertiary/aromatic N) is 1. The Morgan fingerprint density at radius 2 is 2.00 bits per heavy atom. The SMILES string of the molecule is CCCNC(c1ccc(C)nc1)c1ccc(F)c(OC)c1. The first-order valence-electron chi connectivity index (χ1n) is 7.15. The Hall–Kier alpha value is -1.94. The van der Waals surface area contributed by atoms with E-state index in [1.165, 1.54) is 13.2 Å². The average molecular weight is 288 g/mol. The van der Waals surface area contributed by atoms with Crippen LogP contribution in [0.1, 0.15) is 36.2 Å². The number of benzene rings is 1. The van der Waals surface area contributed by atoms with Crippen LogP contribution in [0.4, 0.5) is 4.39 Å². The number of halogens is 1. The van der Waals surface area contributed by atoms with Crippen LogP contribution < -0.4 is 10.1 Å². The summed E-state index contributed by atoms with van der Waals surface area (Å²) >= 11 is 0. The Labute approximate surface area is 125 Å². The highest BCUT2D eigenvalue weighted by atomic mass is 19.1. The molecule has 0 aliphatic heterocycles. The second kappa shape index (κ2) is 7.18. The van der Waals surface area contributed by atoms with Gasteiger partial charge in [-0.05, 0) is 49.2 Å². The average Bonchev–Trinajstić information content (AvgIpc) is 2.50. The number of aryl methyl sites for hydroxylation is 1. The van der Waals surface area contributed by atoms with E-state index in [1.54, 1.807) is 12.1 Å². The van der Waals surface area contributed by atoms with Gasteiger partial charge in [0.1, 0.15) is 0 Å². The van der Waals surface area contributed by atoms with Crippen LogP contribution in [0.2, 0.25) is 0 Å². The van der Waals surface area contributed by atoms with Gasteiger partial charge < -0.3 is 10.1 Å². The maximum atomic E-state index is 13.6. The number of nitrogens with one attached hydrogen (secondary N) is 1. The smallest absolute Gasteiger partial charge is 0.165 e. The second-order valence-electron chi connectivity index (χ2n) is 5.01. The number of rotatable bonds is 6. The van der Waals surface area contributed by atoms with E-state index >= 15 is 0 Å². The first-order valence-corrected chi connectivity index (χ1v) is 7.15. The lowest BCUT2D eigenvalue weighted by Crippen LogP contribution is -2.23. The molecule has 1 aromatic heterocycles. The van der Waals surface area contributed by atoms with Gasteiger partial charge in [0.15, 0.2) is 11.6 Å². The summed E-state index contributed by atoms with van der Waals surface area (Å²) < 4.78 is 18.7. The zero-order valence-electron chi connectivity index (χ0n) is 12.7. The fourth-order valence-electron chi connectivity index (χ4n) is 2.22. The van der Waals surface area contributed by atoms with E-state index in [0.717, 1.165) is 29.8 Å². The van der Waals surface area contributed by atoms with Crippen molar-refractivity contribution < 1.29 is 9.13 Å². The van der Waals surface area contributed by atoms with E-state index < -0.39 is 0 Å². The molecule has 0 radical (unpaired) electrons.